The maximum absolute atomic E-state index is 5.78. The van der Waals surface area contributed by atoms with Crippen molar-refractivity contribution in [2.75, 3.05) is 0 Å². The predicted octanol–water partition coefficient (Wildman–Crippen LogP) is 6.70. The highest BCUT2D eigenvalue weighted by Gasteiger charge is 2.34. The molecule has 1 heterocycles. The van der Waals surface area contributed by atoms with Crippen molar-refractivity contribution < 1.29 is 9.47 Å². The first-order valence-electron chi connectivity index (χ1n) is 9.33. The van der Waals surface area contributed by atoms with Crippen molar-refractivity contribution in [2.24, 2.45) is 0 Å². The summed E-state index contributed by atoms with van der Waals surface area (Å²) >= 11 is 0. The van der Waals surface area contributed by atoms with E-state index in [1.807, 2.05) is 0 Å². The molecule has 0 aliphatic carbocycles. The second-order valence-electron chi connectivity index (χ2n) is 6.45. The van der Waals surface area contributed by atoms with Crippen LogP contribution in [0.1, 0.15) is 104 Å². The molecule has 0 saturated carbocycles. The molecule has 0 fully saturated rings. The van der Waals surface area contributed by atoms with Crippen LogP contribution >= 0.6 is 0 Å². The molecule has 0 atom stereocenters. The van der Waals surface area contributed by atoms with Crippen molar-refractivity contribution in [1.29, 1.82) is 0 Å². The lowest BCUT2D eigenvalue weighted by atomic mass is 9.99. The maximum Gasteiger partial charge on any atom is 0.249 e. The Balaban J connectivity index is 2.05. The van der Waals surface area contributed by atoms with Crippen LogP contribution in [0.5, 0.6) is 0 Å². The fourth-order valence-electron chi connectivity index (χ4n) is 3.04. The van der Waals surface area contributed by atoms with E-state index < -0.39 is 0 Å². The van der Waals surface area contributed by atoms with Crippen LogP contribution in [-0.4, -0.2) is 5.79 Å². The number of rotatable bonds is 14. The third kappa shape index (κ3) is 8.38. The van der Waals surface area contributed by atoms with Crippen LogP contribution in [0.3, 0.4) is 0 Å². The van der Waals surface area contributed by atoms with E-state index in [2.05, 4.69) is 13.8 Å². The van der Waals surface area contributed by atoms with Gasteiger partial charge in [0.15, 0.2) is 0 Å². The van der Waals surface area contributed by atoms with Crippen molar-refractivity contribution in [2.45, 2.75) is 110 Å². The van der Waals surface area contributed by atoms with Crippen LogP contribution in [-0.2, 0) is 9.47 Å². The molecule has 0 aromatic rings. The fourth-order valence-corrected chi connectivity index (χ4v) is 3.04. The fraction of sp³-hybridized carbons (Fsp3) is 0.895. The van der Waals surface area contributed by atoms with Gasteiger partial charge in [-0.05, 0) is 12.8 Å². The molecule has 0 radical (unpaired) electrons. The summed E-state index contributed by atoms with van der Waals surface area (Å²) in [4.78, 5) is 0. The zero-order valence-electron chi connectivity index (χ0n) is 14.4. The maximum atomic E-state index is 5.78. The summed E-state index contributed by atoms with van der Waals surface area (Å²) in [5.41, 5.74) is 0. The van der Waals surface area contributed by atoms with Crippen molar-refractivity contribution in [3.63, 3.8) is 0 Å². The normalized spacial score (nSPS) is 15.9. The van der Waals surface area contributed by atoms with Gasteiger partial charge in [0.1, 0.15) is 12.5 Å². The topological polar surface area (TPSA) is 18.5 Å². The first kappa shape index (κ1) is 18.4. The molecule has 2 nitrogen and oxygen atoms in total. The number of ether oxygens (including phenoxy) is 2. The molecule has 0 spiro atoms. The van der Waals surface area contributed by atoms with Crippen molar-refractivity contribution in [1.82, 2.24) is 0 Å². The average Bonchev–Trinajstić information content (AvgIpc) is 2.96. The highest BCUT2D eigenvalue weighted by molar-refractivity contribution is 4.83. The van der Waals surface area contributed by atoms with Gasteiger partial charge in [-0.25, -0.2) is 0 Å². The van der Waals surface area contributed by atoms with Crippen molar-refractivity contribution in [3.05, 3.63) is 12.5 Å². The SMILES string of the molecule is CCCCCCCCCCC1(CCCCCC)OC=CO1. The first-order valence-corrected chi connectivity index (χ1v) is 9.33. The summed E-state index contributed by atoms with van der Waals surface area (Å²) in [5, 5.41) is 0. The van der Waals surface area contributed by atoms with Gasteiger partial charge in [0.05, 0.1) is 0 Å². The van der Waals surface area contributed by atoms with Crippen LogP contribution in [0.4, 0.5) is 0 Å². The molecule has 0 bridgehead atoms. The largest absolute Gasteiger partial charge is 0.457 e. The number of hydrogen-bond donors (Lipinski definition) is 0. The predicted molar refractivity (Wildman–Crippen MR) is 90.0 cm³/mol. The van der Waals surface area contributed by atoms with Crippen molar-refractivity contribution >= 4 is 0 Å². The molecule has 0 N–H and O–H groups in total. The van der Waals surface area contributed by atoms with E-state index in [1.165, 1.54) is 77.0 Å². The van der Waals surface area contributed by atoms with Gasteiger partial charge >= 0.3 is 0 Å². The lowest BCUT2D eigenvalue weighted by molar-refractivity contribution is -0.153. The molecular formula is C19H36O2. The lowest BCUT2D eigenvalue weighted by Gasteiger charge is -2.28. The second kappa shape index (κ2) is 11.9. The zero-order chi connectivity index (χ0) is 15.2. The van der Waals surface area contributed by atoms with E-state index >= 15 is 0 Å². The van der Waals surface area contributed by atoms with Gasteiger partial charge in [0.25, 0.3) is 0 Å². The van der Waals surface area contributed by atoms with E-state index in [4.69, 9.17) is 9.47 Å². The quantitative estimate of drug-likeness (QED) is 0.332. The molecule has 0 saturated heterocycles. The van der Waals surface area contributed by atoms with Crippen LogP contribution in [0, 0.1) is 0 Å². The Morgan fingerprint density at radius 2 is 0.952 bits per heavy atom. The molecule has 0 aromatic heterocycles. The minimum Gasteiger partial charge on any atom is -0.457 e. The highest BCUT2D eigenvalue weighted by Crippen LogP contribution is 2.32. The van der Waals surface area contributed by atoms with Gasteiger partial charge in [-0.15, -0.1) is 0 Å². The Hall–Kier alpha value is -0.660. The standard InChI is InChI=1S/C19H36O2/c1-3-5-7-9-10-11-12-14-16-19(20-17-18-21-19)15-13-8-6-4-2/h17-18H,3-16H2,1-2H3. The zero-order valence-corrected chi connectivity index (χ0v) is 14.4. The van der Waals surface area contributed by atoms with Gasteiger partial charge in [0, 0.05) is 12.8 Å². The minimum absolute atomic E-state index is 0.323. The third-order valence-corrected chi connectivity index (χ3v) is 4.44. The monoisotopic (exact) mass is 296 g/mol. The Labute approximate surface area is 132 Å². The van der Waals surface area contributed by atoms with Crippen LogP contribution < -0.4 is 0 Å². The molecule has 1 aliphatic rings. The van der Waals surface area contributed by atoms with Gasteiger partial charge in [0.2, 0.25) is 5.79 Å². The third-order valence-electron chi connectivity index (χ3n) is 4.44. The minimum atomic E-state index is -0.323. The molecule has 0 aromatic carbocycles. The van der Waals surface area contributed by atoms with Gasteiger partial charge in [-0.2, -0.15) is 0 Å². The Kier molecular flexibility index (Phi) is 10.5. The lowest BCUT2D eigenvalue weighted by Crippen LogP contribution is -2.29. The second-order valence-corrected chi connectivity index (χ2v) is 6.45. The van der Waals surface area contributed by atoms with Gasteiger partial charge in [-0.3, -0.25) is 0 Å². The van der Waals surface area contributed by atoms with E-state index in [1.54, 1.807) is 12.5 Å². The van der Waals surface area contributed by atoms with E-state index in [0.29, 0.717) is 0 Å². The summed E-state index contributed by atoms with van der Waals surface area (Å²) in [6.45, 7) is 4.52. The van der Waals surface area contributed by atoms with Crippen LogP contribution in [0.2, 0.25) is 0 Å². The Morgan fingerprint density at radius 1 is 0.571 bits per heavy atom. The highest BCUT2D eigenvalue weighted by atomic mass is 16.7. The van der Waals surface area contributed by atoms with Gasteiger partial charge < -0.3 is 9.47 Å². The van der Waals surface area contributed by atoms with Crippen LogP contribution in [0.25, 0.3) is 0 Å². The summed E-state index contributed by atoms with van der Waals surface area (Å²) in [7, 11) is 0. The smallest absolute Gasteiger partial charge is 0.249 e. The summed E-state index contributed by atoms with van der Waals surface area (Å²) < 4.78 is 11.6. The molecule has 0 amide bonds. The first-order chi connectivity index (χ1) is 10.3. The van der Waals surface area contributed by atoms with E-state index in [0.717, 1.165) is 12.8 Å². The van der Waals surface area contributed by atoms with E-state index in [9.17, 15) is 0 Å². The van der Waals surface area contributed by atoms with Crippen molar-refractivity contribution in [3.8, 4) is 0 Å². The van der Waals surface area contributed by atoms with Gasteiger partial charge in [-0.1, -0.05) is 78.1 Å². The molecule has 124 valence electrons. The van der Waals surface area contributed by atoms with E-state index in [-0.39, 0.29) is 5.79 Å². The van der Waals surface area contributed by atoms with Crippen LogP contribution in [0.15, 0.2) is 12.5 Å². The average molecular weight is 296 g/mol. The molecule has 0 unspecified atom stereocenters. The molecule has 1 rings (SSSR count). The molecular weight excluding hydrogens is 260 g/mol. The molecule has 2 heteroatoms. The Bertz CT molecular complexity index is 252. The summed E-state index contributed by atoms with van der Waals surface area (Å²) in [5.74, 6) is -0.323. The molecule has 1 aliphatic heterocycles. The number of unbranched alkanes of at least 4 members (excludes halogenated alkanes) is 10. The Morgan fingerprint density at radius 3 is 1.43 bits per heavy atom. The molecule has 21 heavy (non-hydrogen) atoms. The summed E-state index contributed by atoms with van der Waals surface area (Å²) in [6.07, 6.45) is 21.5. The summed E-state index contributed by atoms with van der Waals surface area (Å²) in [6, 6.07) is 0. The number of hydrogen-bond acceptors (Lipinski definition) is 2.